The van der Waals surface area contributed by atoms with E-state index in [2.05, 4.69) is 224 Å². The van der Waals surface area contributed by atoms with Gasteiger partial charge in [0.15, 0.2) is 5.82 Å². The van der Waals surface area contributed by atoms with Gasteiger partial charge in [-0.3, -0.25) is 0 Å². The number of thiophene rings is 1. The highest BCUT2D eigenvalue weighted by Gasteiger charge is 2.47. The first-order valence-electron chi connectivity index (χ1n) is 21.1. The van der Waals surface area contributed by atoms with Crippen LogP contribution in [0, 0.1) is 0 Å². The van der Waals surface area contributed by atoms with E-state index in [1.54, 1.807) is 0 Å². The Morgan fingerprint density at radius 3 is 1.63 bits per heavy atom. The molecule has 2 nitrogen and oxygen atoms in total. The van der Waals surface area contributed by atoms with Crippen molar-refractivity contribution in [1.29, 1.82) is 0 Å². The summed E-state index contributed by atoms with van der Waals surface area (Å²) in [4.78, 5) is 10.5. The van der Waals surface area contributed by atoms with Crippen molar-refractivity contribution < 1.29 is 0 Å². The molecule has 11 aromatic rings. The first kappa shape index (κ1) is 36.2. The zero-order chi connectivity index (χ0) is 41.0. The molecule has 0 N–H and O–H groups in total. The second kappa shape index (κ2) is 14.8. The standard InChI is InChI=1S/C59H38N2S/c1-4-17-41(18-5-1)58-60-53(38-54(61-58)48-25-11-10-23-45(48)42-35-36-56-51(37-42)49-26-13-15-30-55(49)62-56)40-33-31-39(32-34-40)46-27-16-28-50-47-24-12-14-29-52(47)59(57(46)50,43-19-6-2-7-20-43)44-21-8-3-9-22-44/h1-38H. The summed E-state index contributed by atoms with van der Waals surface area (Å²) in [5, 5.41) is 2.57. The van der Waals surface area contributed by atoms with Gasteiger partial charge < -0.3 is 0 Å². The minimum Gasteiger partial charge on any atom is -0.228 e. The Kier molecular flexibility index (Phi) is 8.62. The predicted molar refractivity (Wildman–Crippen MR) is 259 cm³/mol. The molecule has 0 unspecified atom stereocenters. The average Bonchev–Trinajstić information content (AvgIpc) is 3.88. The van der Waals surface area contributed by atoms with E-state index < -0.39 is 5.41 Å². The van der Waals surface area contributed by atoms with Gasteiger partial charge in [0.25, 0.3) is 0 Å². The molecule has 0 atom stereocenters. The van der Waals surface area contributed by atoms with Crippen LogP contribution < -0.4 is 0 Å². The third-order valence-corrected chi connectivity index (χ3v) is 13.8. The van der Waals surface area contributed by atoms with Crippen LogP contribution in [-0.4, -0.2) is 9.97 Å². The lowest BCUT2D eigenvalue weighted by Gasteiger charge is -2.35. The highest BCUT2D eigenvalue weighted by molar-refractivity contribution is 7.25. The molecule has 0 amide bonds. The van der Waals surface area contributed by atoms with Gasteiger partial charge in [-0.25, -0.2) is 9.97 Å². The van der Waals surface area contributed by atoms with E-state index in [0.29, 0.717) is 5.82 Å². The van der Waals surface area contributed by atoms with Gasteiger partial charge >= 0.3 is 0 Å². The van der Waals surface area contributed by atoms with E-state index in [9.17, 15) is 0 Å². The number of rotatable bonds is 7. The normalized spacial score (nSPS) is 12.6. The molecule has 0 aliphatic heterocycles. The quantitative estimate of drug-likeness (QED) is 0.160. The Labute approximate surface area is 365 Å². The number of fused-ring (bicyclic) bond motifs is 6. The molecule has 12 rings (SSSR count). The van der Waals surface area contributed by atoms with Crippen LogP contribution in [0.4, 0.5) is 0 Å². The molecule has 2 aromatic heterocycles. The molecule has 2 heterocycles. The third-order valence-electron chi connectivity index (χ3n) is 12.6. The SMILES string of the molecule is c1ccc(-c2nc(-c3ccc(-c4cccc5c4C(c4ccccc4)(c4ccccc4)c4ccccc4-5)cc3)cc(-c3ccccc3-c3ccc4sc5ccccc5c4c3)n2)cc1. The molecular weight excluding hydrogens is 769 g/mol. The zero-order valence-corrected chi connectivity index (χ0v) is 34.6. The molecule has 0 spiro atoms. The summed E-state index contributed by atoms with van der Waals surface area (Å²) in [6, 6.07) is 83.4. The van der Waals surface area contributed by atoms with Gasteiger partial charge in [0, 0.05) is 36.9 Å². The zero-order valence-electron chi connectivity index (χ0n) is 33.7. The van der Waals surface area contributed by atoms with Gasteiger partial charge in [-0.2, -0.15) is 0 Å². The van der Waals surface area contributed by atoms with Crippen LogP contribution in [-0.2, 0) is 5.41 Å². The van der Waals surface area contributed by atoms with E-state index in [1.807, 2.05) is 17.4 Å². The average molecular weight is 807 g/mol. The van der Waals surface area contributed by atoms with Gasteiger partial charge in [-0.1, -0.05) is 206 Å². The fourth-order valence-corrected chi connectivity index (χ4v) is 11.0. The number of benzene rings is 9. The number of aromatic nitrogens is 2. The summed E-state index contributed by atoms with van der Waals surface area (Å²) in [6.45, 7) is 0. The molecule has 0 bridgehead atoms. The molecule has 62 heavy (non-hydrogen) atoms. The Balaban J connectivity index is 1.01. The largest absolute Gasteiger partial charge is 0.228 e. The second-order valence-electron chi connectivity index (χ2n) is 16.0. The van der Waals surface area contributed by atoms with Crippen LogP contribution in [0.2, 0.25) is 0 Å². The monoisotopic (exact) mass is 806 g/mol. The number of nitrogens with zero attached hydrogens (tertiary/aromatic N) is 2. The van der Waals surface area contributed by atoms with E-state index in [-0.39, 0.29) is 0 Å². The Bertz CT molecular complexity index is 3400. The van der Waals surface area contributed by atoms with Gasteiger partial charge in [0.1, 0.15) is 0 Å². The van der Waals surface area contributed by atoms with Crippen molar-refractivity contribution in [3.63, 3.8) is 0 Å². The molecule has 1 aliphatic rings. The lowest BCUT2D eigenvalue weighted by atomic mass is 9.66. The molecule has 9 aromatic carbocycles. The number of hydrogen-bond donors (Lipinski definition) is 0. The van der Waals surface area contributed by atoms with Crippen LogP contribution in [0.5, 0.6) is 0 Å². The van der Waals surface area contributed by atoms with Gasteiger partial charge in [-0.05, 0) is 79.9 Å². The molecule has 0 fully saturated rings. The van der Waals surface area contributed by atoms with E-state index >= 15 is 0 Å². The summed E-state index contributed by atoms with van der Waals surface area (Å²) < 4.78 is 2.60. The molecule has 0 saturated carbocycles. The lowest BCUT2D eigenvalue weighted by Crippen LogP contribution is -2.29. The smallest absolute Gasteiger partial charge is 0.160 e. The maximum Gasteiger partial charge on any atom is 0.160 e. The molecule has 290 valence electrons. The molecular formula is C59H38N2S. The van der Waals surface area contributed by atoms with Crippen molar-refractivity contribution in [3.8, 4) is 67.3 Å². The van der Waals surface area contributed by atoms with Gasteiger partial charge in [-0.15, -0.1) is 11.3 Å². The van der Waals surface area contributed by atoms with Crippen molar-refractivity contribution in [2.75, 3.05) is 0 Å². The van der Waals surface area contributed by atoms with Gasteiger partial charge in [0.2, 0.25) is 0 Å². The van der Waals surface area contributed by atoms with Crippen LogP contribution in [0.15, 0.2) is 231 Å². The topological polar surface area (TPSA) is 25.8 Å². The van der Waals surface area contributed by atoms with Crippen LogP contribution in [0.25, 0.3) is 87.5 Å². The van der Waals surface area contributed by atoms with Crippen LogP contribution in [0.1, 0.15) is 22.3 Å². The van der Waals surface area contributed by atoms with E-state index in [0.717, 1.165) is 39.2 Å². The predicted octanol–water partition coefficient (Wildman–Crippen LogP) is 15.5. The Morgan fingerprint density at radius 1 is 0.323 bits per heavy atom. The maximum absolute atomic E-state index is 5.28. The van der Waals surface area contributed by atoms with E-state index in [1.165, 1.54) is 64.7 Å². The lowest BCUT2D eigenvalue weighted by molar-refractivity contribution is 0.770. The second-order valence-corrected chi connectivity index (χ2v) is 17.1. The first-order valence-corrected chi connectivity index (χ1v) is 22.0. The Morgan fingerprint density at radius 2 is 0.871 bits per heavy atom. The molecule has 3 heteroatoms. The maximum atomic E-state index is 5.28. The summed E-state index contributed by atoms with van der Waals surface area (Å²) >= 11 is 1.84. The summed E-state index contributed by atoms with van der Waals surface area (Å²) in [7, 11) is 0. The van der Waals surface area contributed by atoms with Crippen molar-refractivity contribution in [2.45, 2.75) is 5.41 Å². The summed E-state index contributed by atoms with van der Waals surface area (Å²) in [6.07, 6.45) is 0. The Hall–Kier alpha value is -7.72. The van der Waals surface area contributed by atoms with Gasteiger partial charge in [0.05, 0.1) is 16.8 Å². The van der Waals surface area contributed by atoms with Crippen LogP contribution >= 0.6 is 11.3 Å². The van der Waals surface area contributed by atoms with E-state index in [4.69, 9.17) is 9.97 Å². The minimum absolute atomic E-state index is 0.496. The van der Waals surface area contributed by atoms with Crippen molar-refractivity contribution in [3.05, 3.63) is 253 Å². The highest BCUT2D eigenvalue weighted by atomic mass is 32.1. The molecule has 0 radical (unpaired) electrons. The highest BCUT2D eigenvalue weighted by Crippen LogP contribution is 2.58. The third kappa shape index (κ3) is 5.78. The fraction of sp³-hybridized carbons (Fsp3) is 0.0169. The molecule has 0 saturated heterocycles. The van der Waals surface area contributed by atoms with Crippen molar-refractivity contribution in [1.82, 2.24) is 9.97 Å². The number of hydrogen-bond acceptors (Lipinski definition) is 3. The minimum atomic E-state index is -0.496. The first-order chi connectivity index (χ1) is 30.7. The van der Waals surface area contributed by atoms with Crippen LogP contribution in [0.3, 0.4) is 0 Å². The summed E-state index contributed by atoms with van der Waals surface area (Å²) in [5.74, 6) is 0.699. The van der Waals surface area contributed by atoms with Crippen molar-refractivity contribution in [2.24, 2.45) is 0 Å². The van der Waals surface area contributed by atoms with Crippen molar-refractivity contribution >= 4 is 31.5 Å². The fourth-order valence-electron chi connectivity index (χ4n) is 9.87. The molecule has 1 aliphatic carbocycles. The summed E-state index contributed by atoms with van der Waals surface area (Å²) in [5.41, 5.74) is 16.7.